The standard InChI is InChI=1S/C11H24N2O/c1-3-10(4-2)11(9-12)13-5-7-14-8-6-13/h10-11H,3-9,12H2,1-2H3/t11-/m0/s1. The summed E-state index contributed by atoms with van der Waals surface area (Å²) in [6, 6.07) is 0.564. The highest BCUT2D eigenvalue weighted by atomic mass is 16.5. The number of nitrogens with two attached hydrogens (primary N) is 1. The zero-order chi connectivity index (χ0) is 10.4. The molecule has 1 fully saturated rings. The largest absolute Gasteiger partial charge is 0.379 e. The molecule has 0 aliphatic carbocycles. The molecule has 0 aromatic heterocycles. The molecule has 1 rings (SSSR count). The number of rotatable bonds is 5. The molecule has 0 aromatic carbocycles. The summed E-state index contributed by atoms with van der Waals surface area (Å²) in [6.45, 7) is 9.16. The summed E-state index contributed by atoms with van der Waals surface area (Å²) >= 11 is 0. The van der Waals surface area contributed by atoms with E-state index in [1.807, 2.05) is 0 Å². The van der Waals surface area contributed by atoms with Gasteiger partial charge in [-0.2, -0.15) is 0 Å². The quantitative estimate of drug-likeness (QED) is 0.722. The normalized spacial score (nSPS) is 21.4. The number of ether oxygens (including phenoxy) is 1. The van der Waals surface area contributed by atoms with Gasteiger partial charge < -0.3 is 10.5 Å². The van der Waals surface area contributed by atoms with Crippen molar-refractivity contribution in [2.24, 2.45) is 11.7 Å². The van der Waals surface area contributed by atoms with Crippen molar-refractivity contribution in [1.82, 2.24) is 4.90 Å². The van der Waals surface area contributed by atoms with Crippen LogP contribution in [-0.4, -0.2) is 43.8 Å². The molecule has 0 saturated carbocycles. The molecular weight excluding hydrogens is 176 g/mol. The molecule has 2 N–H and O–H groups in total. The molecule has 1 aliphatic heterocycles. The summed E-state index contributed by atoms with van der Waals surface area (Å²) in [7, 11) is 0. The van der Waals surface area contributed by atoms with Crippen LogP contribution in [0.3, 0.4) is 0 Å². The molecule has 0 bridgehead atoms. The molecule has 3 heteroatoms. The van der Waals surface area contributed by atoms with Crippen molar-refractivity contribution < 1.29 is 4.74 Å². The van der Waals surface area contributed by atoms with E-state index in [2.05, 4.69) is 18.7 Å². The lowest BCUT2D eigenvalue weighted by Gasteiger charge is -2.38. The van der Waals surface area contributed by atoms with E-state index in [1.165, 1.54) is 12.8 Å². The maximum atomic E-state index is 5.87. The third-order valence-electron chi connectivity index (χ3n) is 3.35. The average Bonchev–Trinajstić information content (AvgIpc) is 2.27. The molecule has 0 unspecified atom stereocenters. The first-order chi connectivity index (χ1) is 6.83. The Morgan fingerprint density at radius 3 is 2.21 bits per heavy atom. The van der Waals surface area contributed by atoms with Crippen molar-refractivity contribution in [2.45, 2.75) is 32.7 Å². The van der Waals surface area contributed by atoms with Crippen LogP contribution >= 0.6 is 0 Å². The van der Waals surface area contributed by atoms with Crippen LogP contribution in [-0.2, 0) is 4.74 Å². The van der Waals surface area contributed by atoms with E-state index in [0.29, 0.717) is 6.04 Å². The fourth-order valence-corrected chi connectivity index (χ4v) is 2.38. The molecule has 0 spiro atoms. The number of morpholine rings is 1. The van der Waals surface area contributed by atoms with Crippen LogP contribution in [0.25, 0.3) is 0 Å². The van der Waals surface area contributed by atoms with E-state index in [4.69, 9.17) is 10.5 Å². The molecule has 0 aromatic rings. The molecule has 0 amide bonds. The Bertz CT molecular complexity index is 142. The zero-order valence-corrected chi connectivity index (χ0v) is 9.54. The van der Waals surface area contributed by atoms with Crippen LogP contribution in [0.1, 0.15) is 26.7 Å². The summed E-state index contributed by atoms with van der Waals surface area (Å²) in [4.78, 5) is 2.50. The van der Waals surface area contributed by atoms with Gasteiger partial charge in [-0.25, -0.2) is 0 Å². The lowest BCUT2D eigenvalue weighted by atomic mass is 9.92. The predicted octanol–water partition coefficient (Wildman–Crippen LogP) is 1.08. The summed E-state index contributed by atoms with van der Waals surface area (Å²) in [6.07, 6.45) is 2.46. The van der Waals surface area contributed by atoms with E-state index < -0.39 is 0 Å². The fraction of sp³-hybridized carbons (Fsp3) is 1.00. The van der Waals surface area contributed by atoms with Gasteiger partial charge in [0.25, 0.3) is 0 Å². The lowest BCUT2D eigenvalue weighted by Crippen LogP contribution is -2.50. The van der Waals surface area contributed by atoms with Gasteiger partial charge in [0.15, 0.2) is 0 Å². The van der Waals surface area contributed by atoms with Gasteiger partial charge in [-0.05, 0) is 5.92 Å². The Labute approximate surface area is 87.6 Å². The SMILES string of the molecule is CCC(CC)[C@H](CN)N1CCOCC1. The molecule has 1 heterocycles. The van der Waals surface area contributed by atoms with Gasteiger partial charge >= 0.3 is 0 Å². The molecule has 1 atom stereocenters. The Morgan fingerprint density at radius 2 is 1.79 bits per heavy atom. The van der Waals surface area contributed by atoms with Crippen LogP contribution < -0.4 is 5.73 Å². The van der Waals surface area contributed by atoms with Gasteiger partial charge in [-0.15, -0.1) is 0 Å². The third-order valence-corrected chi connectivity index (χ3v) is 3.35. The van der Waals surface area contributed by atoms with E-state index in [0.717, 1.165) is 38.8 Å². The molecular formula is C11H24N2O. The van der Waals surface area contributed by atoms with Crippen molar-refractivity contribution in [3.63, 3.8) is 0 Å². The number of nitrogens with zero attached hydrogens (tertiary/aromatic N) is 1. The van der Waals surface area contributed by atoms with Crippen molar-refractivity contribution in [1.29, 1.82) is 0 Å². The first-order valence-corrected chi connectivity index (χ1v) is 5.85. The van der Waals surface area contributed by atoms with Crippen molar-refractivity contribution in [3.8, 4) is 0 Å². The smallest absolute Gasteiger partial charge is 0.0594 e. The summed E-state index contributed by atoms with van der Waals surface area (Å²) in [5, 5.41) is 0. The lowest BCUT2D eigenvalue weighted by molar-refractivity contribution is 0.00385. The first-order valence-electron chi connectivity index (χ1n) is 5.85. The second-order valence-electron chi connectivity index (χ2n) is 4.03. The zero-order valence-electron chi connectivity index (χ0n) is 9.54. The minimum absolute atomic E-state index is 0.564. The first kappa shape index (κ1) is 12.0. The van der Waals surface area contributed by atoms with Gasteiger partial charge in [-0.1, -0.05) is 26.7 Å². The topological polar surface area (TPSA) is 38.5 Å². The van der Waals surface area contributed by atoms with Crippen LogP contribution in [0.5, 0.6) is 0 Å². The van der Waals surface area contributed by atoms with Crippen LogP contribution in [0.2, 0.25) is 0 Å². The molecule has 1 saturated heterocycles. The fourth-order valence-electron chi connectivity index (χ4n) is 2.38. The second kappa shape index (κ2) is 6.38. The maximum absolute atomic E-state index is 5.87. The maximum Gasteiger partial charge on any atom is 0.0594 e. The Balaban J connectivity index is 2.49. The molecule has 1 aliphatic rings. The number of hydrogen-bond acceptors (Lipinski definition) is 3. The molecule has 0 radical (unpaired) electrons. The van der Waals surface area contributed by atoms with Crippen LogP contribution in [0.4, 0.5) is 0 Å². The summed E-state index contributed by atoms with van der Waals surface area (Å²) in [5.74, 6) is 0.748. The van der Waals surface area contributed by atoms with E-state index in [1.54, 1.807) is 0 Å². The van der Waals surface area contributed by atoms with Crippen molar-refractivity contribution in [3.05, 3.63) is 0 Å². The van der Waals surface area contributed by atoms with Gasteiger partial charge in [0, 0.05) is 25.7 Å². The van der Waals surface area contributed by atoms with Gasteiger partial charge in [0.05, 0.1) is 13.2 Å². The predicted molar refractivity (Wildman–Crippen MR) is 59.3 cm³/mol. The van der Waals surface area contributed by atoms with E-state index in [-0.39, 0.29) is 0 Å². The average molecular weight is 200 g/mol. The minimum Gasteiger partial charge on any atom is -0.379 e. The van der Waals surface area contributed by atoms with Gasteiger partial charge in [0.2, 0.25) is 0 Å². The Hall–Kier alpha value is -0.120. The van der Waals surface area contributed by atoms with Crippen LogP contribution in [0.15, 0.2) is 0 Å². The van der Waals surface area contributed by atoms with E-state index >= 15 is 0 Å². The van der Waals surface area contributed by atoms with Crippen molar-refractivity contribution in [2.75, 3.05) is 32.8 Å². The Kier molecular flexibility index (Phi) is 5.45. The third kappa shape index (κ3) is 2.94. The van der Waals surface area contributed by atoms with Crippen molar-refractivity contribution >= 4 is 0 Å². The molecule has 14 heavy (non-hydrogen) atoms. The van der Waals surface area contributed by atoms with Gasteiger partial charge in [-0.3, -0.25) is 4.90 Å². The highest BCUT2D eigenvalue weighted by molar-refractivity contribution is 4.80. The molecule has 3 nitrogen and oxygen atoms in total. The van der Waals surface area contributed by atoms with Crippen LogP contribution in [0, 0.1) is 5.92 Å². The Morgan fingerprint density at radius 1 is 1.21 bits per heavy atom. The summed E-state index contributed by atoms with van der Waals surface area (Å²) in [5.41, 5.74) is 5.87. The van der Waals surface area contributed by atoms with E-state index in [9.17, 15) is 0 Å². The minimum atomic E-state index is 0.564. The highest BCUT2D eigenvalue weighted by Crippen LogP contribution is 2.18. The molecule has 84 valence electrons. The summed E-state index contributed by atoms with van der Waals surface area (Å²) < 4.78 is 5.36. The highest BCUT2D eigenvalue weighted by Gasteiger charge is 2.25. The second-order valence-corrected chi connectivity index (χ2v) is 4.03. The van der Waals surface area contributed by atoms with Gasteiger partial charge in [0.1, 0.15) is 0 Å². The number of hydrogen-bond donors (Lipinski definition) is 1. The monoisotopic (exact) mass is 200 g/mol.